The van der Waals surface area contributed by atoms with Crippen molar-refractivity contribution >= 4 is 43.8 Å². The number of rotatable bonds is 5. The van der Waals surface area contributed by atoms with E-state index in [-0.39, 0.29) is 16.8 Å². The highest BCUT2D eigenvalue weighted by molar-refractivity contribution is 8.03. The van der Waals surface area contributed by atoms with Crippen molar-refractivity contribution in [3.8, 4) is 0 Å². The predicted octanol–water partition coefficient (Wildman–Crippen LogP) is 2.09. The van der Waals surface area contributed by atoms with Gasteiger partial charge in [-0.05, 0) is 24.1 Å². The molecule has 9 heteroatoms. The maximum absolute atomic E-state index is 11.5. The Balaban J connectivity index is 1.64. The summed E-state index contributed by atoms with van der Waals surface area (Å²) in [6.07, 6.45) is 0.152. The molecule has 6 nitrogen and oxygen atoms in total. The Hall–Kier alpha value is -1.16. The van der Waals surface area contributed by atoms with Crippen LogP contribution in [0.3, 0.4) is 0 Å². The van der Waals surface area contributed by atoms with E-state index in [9.17, 15) is 13.5 Å². The summed E-state index contributed by atoms with van der Waals surface area (Å²) in [6.45, 7) is 2.11. The van der Waals surface area contributed by atoms with Crippen LogP contribution in [0.1, 0.15) is 12.5 Å². The highest BCUT2D eigenvalue weighted by Gasteiger charge is 2.37. The molecular weight excluding hydrogens is 354 g/mol. The third-order valence-electron chi connectivity index (χ3n) is 3.54. The molecule has 2 heterocycles. The summed E-state index contributed by atoms with van der Waals surface area (Å²) in [6, 6.07) is 8.08. The molecule has 0 unspecified atom stereocenters. The van der Waals surface area contributed by atoms with E-state index in [0.29, 0.717) is 9.47 Å². The standard InChI is InChI=1S/C14H17N3O3S3/c1-2-9-3-5-10(6-4-9)15-13-16-17-14(22-13)21-12-8-23(19,20)7-11(12)18/h3-6,11-12,18H,2,7-8H2,1H3,(H,15,16)/t11-,12-/m1/s1. The highest BCUT2D eigenvalue weighted by atomic mass is 32.2. The van der Waals surface area contributed by atoms with Crippen LogP contribution >= 0.6 is 23.1 Å². The van der Waals surface area contributed by atoms with E-state index in [2.05, 4.69) is 34.6 Å². The number of aryl methyl sites for hydroxylation is 1. The van der Waals surface area contributed by atoms with Crippen molar-refractivity contribution < 1.29 is 13.5 Å². The third-order valence-corrected chi connectivity index (χ3v) is 7.71. The van der Waals surface area contributed by atoms with Gasteiger partial charge in [0.2, 0.25) is 5.13 Å². The molecule has 1 aromatic carbocycles. The summed E-state index contributed by atoms with van der Waals surface area (Å²) in [4.78, 5) is 0. The van der Waals surface area contributed by atoms with Crippen molar-refractivity contribution in [1.82, 2.24) is 10.2 Å². The van der Waals surface area contributed by atoms with E-state index in [1.807, 2.05) is 12.1 Å². The Bertz CT molecular complexity index is 774. The number of thioether (sulfide) groups is 1. The lowest BCUT2D eigenvalue weighted by Crippen LogP contribution is -2.19. The number of nitrogens with zero attached hydrogens (tertiary/aromatic N) is 2. The van der Waals surface area contributed by atoms with Crippen LogP contribution in [0.4, 0.5) is 10.8 Å². The van der Waals surface area contributed by atoms with Crippen molar-refractivity contribution in [3.63, 3.8) is 0 Å². The zero-order chi connectivity index (χ0) is 16.4. The van der Waals surface area contributed by atoms with Crippen LogP contribution in [-0.2, 0) is 16.3 Å². The molecule has 23 heavy (non-hydrogen) atoms. The summed E-state index contributed by atoms with van der Waals surface area (Å²) in [5, 5.41) is 21.4. The number of nitrogens with one attached hydrogen (secondary N) is 1. The number of anilines is 2. The van der Waals surface area contributed by atoms with E-state index < -0.39 is 15.9 Å². The zero-order valence-electron chi connectivity index (χ0n) is 12.5. The summed E-state index contributed by atoms with van der Waals surface area (Å²) in [5.74, 6) is -0.183. The van der Waals surface area contributed by atoms with Gasteiger partial charge >= 0.3 is 0 Å². The molecule has 2 atom stereocenters. The van der Waals surface area contributed by atoms with Gasteiger partial charge in [0.1, 0.15) is 0 Å². The van der Waals surface area contributed by atoms with Crippen LogP contribution < -0.4 is 5.32 Å². The number of sulfone groups is 1. The first-order valence-corrected chi connectivity index (χ1v) is 10.7. The van der Waals surface area contributed by atoms with Gasteiger partial charge in [-0.1, -0.05) is 42.2 Å². The van der Waals surface area contributed by atoms with Gasteiger partial charge in [0.05, 0.1) is 22.9 Å². The van der Waals surface area contributed by atoms with Crippen molar-refractivity contribution in [3.05, 3.63) is 29.8 Å². The lowest BCUT2D eigenvalue weighted by molar-refractivity contribution is 0.207. The van der Waals surface area contributed by atoms with Gasteiger partial charge in [-0.25, -0.2) is 8.42 Å². The van der Waals surface area contributed by atoms with E-state index in [0.717, 1.165) is 12.1 Å². The van der Waals surface area contributed by atoms with Crippen LogP contribution in [0.15, 0.2) is 28.6 Å². The fourth-order valence-corrected chi connectivity index (χ4v) is 6.82. The number of aromatic nitrogens is 2. The minimum Gasteiger partial charge on any atom is -0.391 e. The SMILES string of the molecule is CCc1ccc(Nc2nnc(S[C@@H]3CS(=O)(=O)C[C@H]3O)s2)cc1. The summed E-state index contributed by atoms with van der Waals surface area (Å²) in [7, 11) is -3.14. The monoisotopic (exact) mass is 371 g/mol. The smallest absolute Gasteiger partial charge is 0.210 e. The minimum absolute atomic E-state index is 0.0142. The predicted molar refractivity (Wildman–Crippen MR) is 93.3 cm³/mol. The van der Waals surface area contributed by atoms with Gasteiger partial charge in [-0.3, -0.25) is 0 Å². The lowest BCUT2D eigenvalue weighted by Gasteiger charge is -2.08. The number of hydrogen-bond donors (Lipinski definition) is 2. The van der Waals surface area contributed by atoms with Crippen molar-refractivity contribution in [2.24, 2.45) is 0 Å². The average molecular weight is 372 g/mol. The first kappa shape index (κ1) is 16.7. The Morgan fingerprint density at radius 1 is 1.30 bits per heavy atom. The van der Waals surface area contributed by atoms with Crippen LogP contribution in [-0.4, -0.2) is 46.6 Å². The third kappa shape index (κ3) is 4.23. The molecule has 0 radical (unpaired) electrons. The fraction of sp³-hybridized carbons (Fsp3) is 0.429. The van der Waals surface area contributed by atoms with Gasteiger partial charge in [-0.2, -0.15) is 0 Å². The number of hydrogen-bond acceptors (Lipinski definition) is 8. The summed E-state index contributed by atoms with van der Waals surface area (Å²) < 4.78 is 23.7. The Morgan fingerprint density at radius 2 is 2.04 bits per heavy atom. The van der Waals surface area contributed by atoms with Gasteiger partial charge in [-0.15, -0.1) is 10.2 Å². The summed E-state index contributed by atoms with van der Waals surface area (Å²) >= 11 is 2.63. The molecule has 0 aliphatic carbocycles. The Labute approximate surface area is 143 Å². The molecule has 1 aliphatic heterocycles. The number of benzene rings is 1. The Morgan fingerprint density at radius 3 is 2.65 bits per heavy atom. The average Bonchev–Trinajstić information content (AvgIpc) is 3.04. The van der Waals surface area contributed by atoms with Crippen LogP contribution in [0.5, 0.6) is 0 Å². The normalized spacial score (nSPS) is 23.0. The fourth-order valence-electron chi connectivity index (χ4n) is 2.29. The van der Waals surface area contributed by atoms with E-state index >= 15 is 0 Å². The van der Waals surface area contributed by atoms with Crippen LogP contribution in [0.2, 0.25) is 0 Å². The first-order chi connectivity index (χ1) is 10.9. The van der Waals surface area contributed by atoms with Gasteiger partial charge in [0.25, 0.3) is 0 Å². The molecule has 1 saturated heterocycles. The molecule has 0 amide bonds. The number of aliphatic hydroxyl groups is 1. The van der Waals surface area contributed by atoms with Crippen molar-refractivity contribution in [1.29, 1.82) is 0 Å². The molecule has 1 aliphatic rings. The van der Waals surface area contributed by atoms with Gasteiger partial charge in [0, 0.05) is 5.69 Å². The van der Waals surface area contributed by atoms with E-state index in [4.69, 9.17) is 0 Å². The second kappa shape index (κ2) is 6.76. The topological polar surface area (TPSA) is 92.2 Å². The van der Waals surface area contributed by atoms with Gasteiger partial charge < -0.3 is 10.4 Å². The molecule has 1 fully saturated rings. The van der Waals surface area contributed by atoms with Crippen LogP contribution in [0, 0.1) is 0 Å². The molecule has 0 saturated carbocycles. The summed E-state index contributed by atoms with van der Waals surface area (Å²) in [5.41, 5.74) is 2.19. The maximum atomic E-state index is 11.5. The minimum atomic E-state index is -3.14. The lowest BCUT2D eigenvalue weighted by atomic mass is 10.1. The van der Waals surface area contributed by atoms with Gasteiger partial charge in [0.15, 0.2) is 14.2 Å². The van der Waals surface area contributed by atoms with E-state index in [1.54, 1.807) is 0 Å². The quantitative estimate of drug-likeness (QED) is 0.831. The Kier molecular flexibility index (Phi) is 4.90. The largest absolute Gasteiger partial charge is 0.391 e. The van der Waals surface area contributed by atoms with E-state index in [1.165, 1.54) is 28.7 Å². The molecule has 2 N–H and O–H groups in total. The molecule has 124 valence electrons. The first-order valence-electron chi connectivity index (χ1n) is 7.20. The van der Waals surface area contributed by atoms with Crippen molar-refractivity contribution in [2.45, 2.75) is 29.0 Å². The molecule has 0 bridgehead atoms. The second-order valence-corrected chi connectivity index (χ2v) is 9.97. The molecular formula is C14H17N3O3S3. The maximum Gasteiger partial charge on any atom is 0.210 e. The number of aliphatic hydroxyl groups excluding tert-OH is 1. The molecule has 2 aromatic rings. The highest BCUT2D eigenvalue weighted by Crippen LogP contribution is 2.34. The molecule has 1 aromatic heterocycles. The van der Waals surface area contributed by atoms with Crippen LogP contribution in [0.25, 0.3) is 0 Å². The second-order valence-electron chi connectivity index (χ2n) is 5.35. The zero-order valence-corrected chi connectivity index (χ0v) is 14.9. The van der Waals surface area contributed by atoms with Crippen molar-refractivity contribution in [2.75, 3.05) is 16.8 Å². The molecule has 0 spiro atoms. The molecule has 3 rings (SSSR count).